The Hall–Kier alpha value is -2.89. The van der Waals surface area contributed by atoms with E-state index in [4.69, 9.17) is 14.2 Å². The fourth-order valence-corrected chi connectivity index (χ4v) is 3.67. The van der Waals surface area contributed by atoms with Crippen molar-refractivity contribution in [3.8, 4) is 23.0 Å². The van der Waals surface area contributed by atoms with Gasteiger partial charge in [-0.25, -0.2) is 0 Å². The van der Waals surface area contributed by atoms with Crippen LogP contribution >= 0.6 is 0 Å². The lowest BCUT2D eigenvalue weighted by atomic mass is 9.95. The number of carbonyl (C=O) groups excluding carboxylic acids is 1. The van der Waals surface area contributed by atoms with E-state index in [0.29, 0.717) is 5.56 Å². The van der Waals surface area contributed by atoms with Crippen LogP contribution in [-0.2, 0) is 4.74 Å². The molecular weight excluding hydrogens is 412 g/mol. The summed E-state index contributed by atoms with van der Waals surface area (Å²) < 4.78 is 16.8. The van der Waals surface area contributed by atoms with Gasteiger partial charge >= 0.3 is 0 Å². The molecule has 2 heterocycles. The number of hydrogen-bond acceptors (Lipinski definition) is 10. The number of carbonyl (C=O) groups is 1. The first-order valence-electron chi connectivity index (χ1n) is 9.61. The van der Waals surface area contributed by atoms with Crippen molar-refractivity contribution in [1.82, 2.24) is 0 Å². The Morgan fingerprint density at radius 1 is 0.968 bits per heavy atom. The number of benzene rings is 2. The average Bonchev–Trinajstić information content (AvgIpc) is 2.74. The number of rotatable bonds is 4. The van der Waals surface area contributed by atoms with Crippen LogP contribution in [0.1, 0.15) is 28.4 Å². The summed E-state index contributed by atoms with van der Waals surface area (Å²) >= 11 is 0. The average molecular weight is 434 g/mol. The molecule has 10 nitrogen and oxygen atoms in total. The fourth-order valence-electron chi connectivity index (χ4n) is 3.67. The number of aliphatic hydroxyl groups is 4. The zero-order chi connectivity index (χ0) is 22.3. The molecule has 1 fully saturated rings. The van der Waals surface area contributed by atoms with Gasteiger partial charge in [-0.2, -0.15) is 0 Å². The highest BCUT2D eigenvalue weighted by Crippen LogP contribution is 2.43. The van der Waals surface area contributed by atoms with Gasteiger partial charge in [0.2, 0.25) is 6.29 Å². The Labute approximate surface area is 176 Å². The minimum atomic E-state index is -1.68. The third-order valence-electron chi connectivity index (χ3n) is 5.33. The van der Waals surface area contributed by atoms with Gasteiger partial charge in [-0.1, -0.05) is 12.1 Å². The molecule has 0 radical (unpaired) electrons. The van der Waals surface area contributed by atoms with Crippen LogP contribution in [0.2, 0.25) is 0 Å². The Morgan fingerprint density at radius 2 is 1.68 bits per heavy atom. The zero-order valence-corrected chi connectivity index (χ0v) is 16.2. The van der Waals surface area contributed by atoms with Gasteiger partial charge in [0, 0.05) is 12.1 Å². The molecule has 1 saturated heterocycles. The predicted octanol–water partition coefficient (Wildman–Crippen LogP) is -0.0170. The smallest absolute Gasteiger partial charge is 0.229 e. The monoisotopic (exact) mass is 434 g/mol. The van der Waals surface area contributed by atoms with E-state index < -0.39 is 43.4 Å². The molecule has 2 aromatic rings. The summed E-state index contributed by atoms with van der Waals surface area (Å²) in [6.07, 6.45) is -8.31. The van der Waals surface area contributed by atoms with Crippen LogP contribution in [0, 0.1) is 0 Å². The van der Waals surface area contributed by atoms with Crippen LogP contribution < -0.4 is 9.47 Å². The summed E-state index contributed by atoms with van der Waals surface area (Å²) in [5.74, 6) is -0.669. The Bertz CT molecular complexity index is 957. The number of phenols is 2. The first kappa shape index (κ1) is 21.3. The number of ketones is 1. The Balaban J connectivity index is 1.63. The van der Waals surface area contributed by atoms with Gasteiger partial charge in [0.15, 0.2) is 5.78 Å². The molecule has 4 rings (SSSR count). The van der Waals surface area contributed by atoms with Crippen molar-refractivity contribution < 1.29 is 49.6 Å². The second kappa shape index (κ2) is 8.33. The summed E-state index contributed by atoms with van der Waals surface area (Å²) in [6.45, 7) is -0.640. The maximum absolute atomic E-state index is 12.9. The highest BCUT2D eigenvalue weighted by Gasteiger charge is 2.45. The topological polar surface area (TPSA) is 166 Å². The quantitative estimate of drug-likeness (QED) is 0.385. The van der Waals surface area contributed by atoms with Crippen molar-refractivity contribution in [2.24, 2.45) is 0 Å². The van der Waals surface area contributed by atoms with Gasteiger partial charge in [0.05, 0.1) is 13.0 Å². The van der Waals surface area contributed by atoms with E-state index in [2.05, 4.69) is 0 Å². The SMILES string of the molecule is O=C1CC(c2ccc(O)cc2)Oc2cc(O)cc(O[C@@H]3O[C@H](CO)[C@@H](O)[C@@H](O)[C@H]3O)c21. The second-order valence-electron chi connectivity index (χ2n) is 7.46. The molecule has 2 aliphatic rings. The van der Waals surface area contributed by atoms with Crippen molar-refractivity contribution in [1.29, 1.82) is 0 Å². The molecule has 0 amide bonds. The summed E-state index contributed by atoms with van der Waals surface area (Å²) in [5.41, 5.74) is 0.668. The number of ether oxygens (including phenoxy) is 3. The standard InChI is InChI=1S/C21H22O10/c22-8-16-18(26)19(27)20(28)21(31-16)30-15-6-11(24)5-14-17(15)12(25)7-13(29-14)9-1-3-10(23)4-2-9/h1-6,13,16,18-24,26-28H,7-8H2/t13?,16-,18-,19-,20-,21-/m1/s1. The molecule has 166 valence electrons. The minimum Gasteiger partial charge on any atom is -0.508 e. The van der Waals surface area contributed by atoms with E-state index in [1.807, 2.05) is 0 Å². The van der Waals surface area contributed by atoms with Gasteiger partial charge in [0.25, 0.3) is 0 Å². The number of phenolic OH excluding ortho intramolecular Hbond substituents is 2. The van der Waals surface area contributed by atoms with Gasteiger partial charge < -0.3 is 44.8 Å². The van der Waals surface area contributed by atoms with Crippen LogP contribution in [0.4, 0.5) is 0 Å². The van der Waals surface area contributed by atoms with Crippen LogP contribution in [0.15, 0.2) is 36.4 Å². The van der Waals surface area contributed by atoms with Gasteiger partial charge in [-0.15, -0.1) is 0 Å². The molecule has 31 heavy (non-hydrogen) atoms. The number of aromatic hydroxyl groups is 2. The Kier molecular flexibility index (Phi) is 5.73. The molecule has 2 aromatic carbocycles. The second-order valence-corrected chi connectivity index (χ2v) is 7.46. The Morgan fingerprint density at radius 3 is 2.35 bits per heavy atom. The molecule has 0 saturated carbocycles. The number of hydrogen-bond donors (Lipinski definition) is 6. The molecule has 2 aliphatic heterocycles. The third-order valence-corrected chi connectivity index (χ3v) is 5.33. The van der Waals surface area contributed by atoms with Crippen molar-refractivity contribution >= 4 is 5.78 Å². The van der Waals surface area contributed by atoms with E-state index in [1.54, 1.807) is 12.1 Å². The van der Waals surface area contributed by atoms with E-state index in [9.17, 15) is 35.4 Å². The molecule has 0 aliphatic carbocycles. The molecule has 6 N–H and O–H groups in total. The lowest BCUT2D eigenvalue weighted by molar-refractivity contribution is -0.277. The summed E-state index contributed by atoms with van der Waals surface area (Å²) in [6, 6.07) is 8.56. The van der Waals surface area contributed by atoms with Gasteiger partial charge in [-0.05, 0) is 17.7 Å². The maximum atomic E-state index is 12.9. The van der Waals surface area contributed by atoms with Crippen molar-refractivity contribution in [3.05, 3.63) is 47.5 Å². The first-order valence-corrected chi connectivity index (χ1v) is 9.61. The van der Waals surface area contributed by atoms with Crippen molar-refractivity contribution in [2.75, 3.05) is 6.61 Å². The predicted molar refractivity (Wildman–Crippen MR) is 103 cm³/mol. The normalized spacial score (nSPS) is 30.4. The van der Waals surface area contributed by atoms with Crippen LogP contribution in [0.3, 0.4) is 0 Å². The molecule has 1 unspecified atom stereocenters. The molecular formula is C21H22O10. The van der Waals surface area contributed by atoms with Gasteiger partial charge in [0.1, 0.15) is 59.1 Å². The van der Waals surface area contributed by atoms with E-state index in [-0.39, 0.29) is 40.8 Å². The lowest BCUT2D eigenvalue weighted by Gasteiger charge is -2.40. The lowest BCUT2D eigenvalue weighted by Crippen LogP contribution is -2.60. The van der Waals surface area contributed by atoms with Crippen LogP contribution in [-0.4, -0.2) is 73.7 Å². The molecule has 10 heteroatoms. The van der Waals surface area contributed by atoms with Crippen molar-refractivity contribution in [2.45, 2.75) is 43.2 Å². The van der Waals surface area contributed by atoms with E-state index >= 15 is 0 Å². The number of aliphatic hydroxyl groups excluding tert-OH is 4. The van der Waals surface area contributed by atoms with E-state index in [1.165, 1.54) is 18.2 Å². The summed E-state index contributed by atoms with van der Waals surface area (Å²) in [7, 11) is 0. The largest absolute Gasteiger partial charge is 0.508 e. The molecule has 0 aromatic heterocycles. The first-order chi connectivity index (χ1) is 14.8. The zero-order valence-electron chi connectivity index (χ0n) is 16.2. The summed E-state index contributed by atoms with van der Waals surface area (Å²) in [5, 5.41) is 58.9. The number of fused-ring (bicyclic) bond motifs is 1. The van der Waals surface area contributed by atoms with Crippen molar-refractivity contribution in [3.63, 3.8) is 0 Å². The highest BCUT2D eigenvalue weighted by molar-refractivity contribution is 6.02. The molecule has 0 spiro atoms. The van der Waals surface area contributed by atoms with E-state index in [0.717, 1.165) is 6.07 Å². The highest BCUT2D eigenvalue weighted by atomic mass is 16.7. The summed E-state index contributed by atoms with van der Waals surface area (Å²) in [4.78, 5) is 12.9. The number of Topliss-reactive ketones (excluding diaryl/α,β-unsaturated/α-hetero) is 1. The minimum absolute atomic E-state index is 0.0183. The maximum Gasteiger partial charge on any atom is 0.229 e. The van der Waals surface area contributed by atoms with Crippen LogP contribution in [0.5, 0.6) is 23.0 Å². The van der Waals surface area contributed by atoms with Crippen LogP contribution in [0.25, 0.3) is 0 Å². The molecule has 0 bridgehead atoms. The fraction of sp³-hybridized carbons (Fsp3) is 0.381. The van der Waals surface area contributed by atoms with Gasteiger partial charge in [-0.3, -0.25) is 4.79 Å². The third kappa shape index (κ3) is 4.03. The molecule has 6 atom stereocenters.